The molecule has 0 aliphatic heterocycles. The van der Waals surface area contributed by atoms with E-state index < -0.39 is 22.8 Å². The van der Waals surface area contributed by atoms with Crippen LogP contribution in [0.4, 0.5) is 8.78 Å². The first-order chi connectivity index (χ1) is 13.6. The van der Waals surface area contributed by atoms with Gasteiger partial charge in [-0.05, 0) is 48.0 Å². The SMILES string of the molecule is CNOC.CON(C)C(=O)c1ccc(F)cc1Cl.Cl.O=C(Cl)c1ccc(F)cc1Cl. The van der Waals surface area contributed by atoms with Crippen LogP contribution in [0, 0.1) is 11.6 Å². The Bertz CT molecular complexity index is 827. The number of hydrogen-bond donors (Lipinski definition) is 1. The van der Waals surface area contributed by atoms with Crippen LogP contribution >= 0.6 is 47.2 Å². The summed E-state index contributed by atoms with van der Waals surface area (Å²) in [5, 5.41) is 0.429. The Morgan fingerprint density at radius 2 is 1.37 bits per heavy atom. The van der Waals surface area contributed by atoms with E-state index in [0.29, 0.717) is 0 Å². The van der Waals surface area contributed by atoms with Crippen LogP contribution in [0.15, 0.2) is 36.4 Å². The highest BCUT2D eigenvalue weighted by Crippen LogP contribution is 2.19. The molecule has 1 amide bonds. The van der Waals surface area contributed by atoms with Crippen molar-refractivity contribution >= 4 is 58.4 Å². The van der Waals surface area contributed by atoms with Gasteiger partial charge in [0, 0.05) is 14.1 Å². The second kappa shape index (κ2) is 16.2. The highest BCUT2D eigenvalue weighted by molar-refractivity contribution is 6.68. The van der Waals surface area contributed by atoms with Gasteiger partial charge in [0.05, 0.1) is 35.4 Å². The number of halogens is 6. The number of carbonyl (C=O) groups is 2. The maximum Gasteiger partial charge on any atom is 0.278 e. The van der Waals surface area contributed by atoms with Crippen molar-refractivity contribution in [1.29, 1.82) is 0 Å². The number of amides is 1. The van der Waals surface area contributed by atoms with Gasteiger partial charge in [-0.2, -0.15) is 0 Å². The van der Waals surface area contributed by atoms with Gasteiger partial charge >= 0.3 is 0 Å². The molecule has 2 rings (SSSR count). The maximum atomic E-state index is 12.7. The Morgan fingerprint density at radius 3 is 1.67 bits per heavy atom. The lowest BCUT2D eigenvalue weighted by Crippen LogP contribution is -2.25. The predicted octanol–water partition coefficient (Wildman–Crippen LogP) is 5.16. The molecule has 0 saturated heterocycles. The van der Waals surface area contributed by atoms with E-state index in [-0.39, 0.29) is 33.6 Å². The van der Waals surface area contributed by atoms with Gasteiger partial charge < -0.3 is 4.84 Å². The summed E-state index contributed by atoms with van der Waals surface area (Å²) in [5.41, 5.74) is 2.76. The van der Waals surface area contributed by atoms with E-state index in [1.54, 1.807) is 14.2 Å². The Balaban J connectivity index is 0. The van der Waals surface area contributed by atoms with Crippen molar-refractivity contribution in [3.8, 4) is 0 Å². The molecule has 0 aliphatic rings. The fourth-order valence-electron chi connectivity index (χ4n) is 1.56. The van der Waals surface area contributed by atoms with Crippen LogP contribution in [0.2, 0.25) is 10.0 Å². The first-order valence-corrected chi connectivity index (χ1v) is 8.84. The molecule has 0 unspecified atom stereocenters. The summed E-state index contributed by atoms with van der Waals surface area (Å²) < 4.78 is 25.0. The third-order valence-corrected chi connectivity index (χ3v) is 3.90. The minimum absolute atomic E-state index is 0. The van der Waals surface area contributed by atoms with E-state index >= 15 is 0 Å². The lowest BCUT2D eigenvalue weighted by Gasteiger charge is -2.14. The zero-order chi connectivity index (χ0) is 22.6. The van der Waals surface area contributed by atoms with E-state index in [4.69, 9.17) is 34.8 Å². The number of rotatable bonds is 4. The van der Waals surface area contributed by atoms with E-state index in [1.807, 2.05) is 0 Å². The van der Waals surface area contributed by atoms with Crippen LogP contribution in [-0.2, 0) is 9.68 Å². The third-order valence-electron chi connectivity index (χ3n) is 3.07. The summed E-state index contributed by atoms with van der Waals surface area (Å²) in [5.74, 6) is -1.39. The Kier molecular flexibility index (Phi) is 16.6. The first kappa shape index (κ1) is 30.7. The second-order valence-corrected chi connectivity index (χ2v) is 6.07. The second-order valence-electron chi connectivity index (χ2n) is 4.92. The molecule has 12 heteroatoms. The minimum atomic E-state index is -0.685. The zero-order valence-corrected chi connectivity index (χ0v) is 19.4. The molecule has 2 aromatic rings. The summed E-state index contributed by atoms with van der Waals surface area (Å²) in [6, 6.07) is 6.97. The highest BCUT2D eigenvalue weighted by Gasteiger charge is 2.15. The van der Waals surface area contributed by atoms with Crippen LogP contribution in [0.3, 0.4) is 0 Å². The Hall–Kier alpha value is -1.52. The molecule has 30 heavy (non-hydrogen) atoms. The normalized spacial score (nSPS) is 9.23. The van der Waals surface area contributed by atoms with Crippen molar-refractivity contribution in [2.24, 2.45) is 0 Å². The quantitative estimate of drug-likeness (QED) is 0.457. The Labute approximate surface area is 194 Å². The molecule has 6 nitrogen and oxygen atoms in total. The van der Waals surface area contributed by atoms with Crippen molar-refractivity contribution in [2.75, 3.05) is 28.3 Å². The molecule has 0 radical (unpaired) electrons. The fraction of sp³-hybridized carbons (Fsp3) is 0.222. The molecule has 0 aromatic heterocycles. The van der Waals surface area contributed by atoms with Crippen LogP contribution in [0.1, 0.15) is 20.7 Å². The van der Waals surface area contributed by atoms with Crippen molar-refractivity contribution in [3.05, 3.63) is 69.2 Å². The zero-order valence-electron chi connectivity index (χ0n) is 16.3. The number of nitrogens with zero attached hydrogens (tertiary/aromatic N) is 1. The summed E-state index contributed by atoms with van der Waals surface area (Å²) >= 11 is 16.3. The van der Waals surface area contributed by atoms with Crippen LogP contribution in [0.25, 0.3) is 0 Å². The average Bonchev–Trinajstić information content (AvgIpc) is 2.67. The van der Waals surface area contributed by atoms with Crippen LogP contribution < -0.4 is 5.48 Å². The maximum absolute atomic E-state index is 12.7. The number of hydrogen-bond acceptors (Lipinski definition) is 5. The van der Waals surface area contributed by atoms with Gasteiger partial charge in [0.25, 0.3) is 11.1 Å². The molecule has 168 valence electrons. The van der Waals surface area contributed by atoms with Gasteiger partial charge in [-0.3, -0.25) is 14.4 Å². The molecule has 0 atom stereocenters. The summed E-state index contributed by atoms with van der Waals surface area (Å²) in [6.07, 6.45) is 0. The predicted molar refractivity (Wildman–Crippen MR) is 115 cm³/mol. The average molecular weight is 508 g/mol. The molecule has 0 fully saturated rings. The van der Waals surface area contributed by atoms with Gasteiger partial charge in [0.2, 0.25) is 0 Å². The Morgan fingerprint density at radius 1 is 0.967 bits per heavy atom. The monoisotopic (exact) mass is 506 g/mol. The number of nitrogens with one attached hydrogen (secondary N) is 1. The standard InChI is InChI=1S/C9H9ClFNO2.C7H3Cl2FO.C2H7NO.ClH/c1-12(14-2)9(13)7-4-3-6(11)5-8(7)10;8-6-3-4(10)1-2-5(6)7(9)11;1-3-4-2;/h3-5H,1-2H3;1-3H;3H,1-2H3;1H. The molecular formula is C18H20Cl4F2N2O4. The highest BCUT2D eigenvalue weighted by atomic mass is 35.5. The van der Waals surface area contributed by atoms with E-state index in [1.165, 1.54) is 32.4 Å². The molecule has 1 N–H and O–H groups in total. The van der Waals surface area contributed by atoms with Crippen LogP contribution in [-0.4, -0.2) is 44.5 Å². The smallest absolute Gasteiger partial charge is 0.278 e. The largest absolute Gasteiger partial charge is 0.305 e. The van der Waals surface area contributed by atoms with Gasteiger partial charge in [-0.25, -0.2) is 19.3 Å². The molecule has 0 saturated carbocycles. The van der Waals surface area contributed by atoms with Crippen LogP contribution in [0.5, 0.6) is 0 Å². The lowest BCUT2D eigenvalue weighted by atomic mass is 10.2. The minimum Gasteiger partial charge on any atom is -0.305 e. The summed E-state index contributed by atoms with van der Waals surface area (Å²) in [7, 11) is 6.08. The fourth-order valence-corrected chi connectivity index (χ4v) is 2.28. The van der Waals surface area contributed by atoms with Crippen molar-refractivity contribution in [3.63, 3.8) is 0 Å². The molecule has 0 bridgehead atoms. The first-order valence-electron chi connectivity index (χ1n) is 7.70. The van der Waals surface area contributed by atoms with Gasteiger partial charge in [-0.15, -0.1) is 12.4 Å². The number of carbonyl (C=O) groups excluding carboxylic acids is 2. The van der Waals surface area contributed by atoms with E-state index in [9.17, 15) is 18.4 Å². The van der Waals surface area contributed by atoms with Gasteiger partial charge in [0.1, 0.15) is 11.6 Å². The molecule has 0 spiro atoms. The van der Waals surface area contributed by atoms with Crippen molar-refractivity contribution in [1.82, 2.24) is 10.5 Å². The molecule has 2 aromatic carbocycles. The molecular weight excluding hydrogens is 488 g/mol. The summed E-state index contributed by atoms with van der Waals surface area (Å²) in [4.78, 5) is 31.0. The van der Waals surface area contributed by atoms with Crippen molar-refractivity contribution < 1.29 is 28.0 Å². The van der Waals surface area contributed by atoms with E-state index in [0.717, 1.165) is 23.3 Å². The van der Waals surface area contributed by atoms with E-state index in [2.05, 4.69) is 15.2 Å². The molecule has 0 heterocycles. The molecule has 0 aliphatic carbocycles. The number of benzene rings is 2. The summed E-state index contributed by atoms with van der Waals surface area (Å²) in [6.45, 7) is 0. The third kappa shape index (κ3) is 11.0. The lowest BCUT2D eigenvalue weighted by molar-refractivity contribution is -0.0756. The topological polar surface area (TPSA) is 67.9 Å². The van der Waals surface area contributed by atoms with Gasteiger partial charge in [-0.1, -0.05) is 23.2 Å². The van der Waals surface area contributed by atoms with Crippen molar-refractivity contribution in [2.45, 2.75) is 0 Å². The number of hydroxylamine groups is 3. The van der Waals surface area contributed by atoms with Gasteiger partial charge in [0.15, 0.2) is 0 Å².